The number of hydrogen-bond donors (Lipinski definition) is 0. The maximum Gasteiger partial charge on any atom is 0.167 e. The van der Waals surface area contributed by atoms with Crippen molar-refractivity contribution >= 4 is 43.5 Å². The molecular formula is C47H29N3O. The number of hydrogen-bond acceptors (Lipinski definition) is 4. The molecule has 8 aromatic carbocycles. The number of rotatable bonds is 5. The van der Waals surface area contributed by atoms with E-state index in [1.165, 1.54) is 27.1 Å². The van der Waals surface area contributed by atoms with Gasteiger partial charge in [-0.05, 0) is 74.1 Å². The highest BCUT2D eigenvalue weighted by atomic mass is 16.3. The van der Waals surface area contributed by atoms with Crippen molar-refractivity contribution in [3.8, 4) is 56.4 Å². The molecule has 0 aliphatic carbocycles. The average molecular weight is 652 g/mol. The molecule has 0 amide bonds. The Morgan fingerprint density at radius 1 is 0.314 bits per heavy atom. The van der Waals surface area contributed by atoms with Gasteiger partial charge in [-0.25, -0.2) is 15.0 Å². The lowest BCUT2D eigenvalue weighted by Gasteiger charge is -2.12. The van der Waals surface area contributed by atoms with Crippen molar-refractivity contribution in [2.45, 2.75) is 0 Å². The lowest BCUT2D eigenvalue weighted by atomic mass is 9.97. The van der Waals surface area contributed by atoms with Crippen molar-refractivity contribution in [1.29, 1.82) is 0 Å². The van der Waals surface area contributed by atoms with Crippen LogP contribution in [-0.4, -0.2) is 15.0 Å². The smallest absolute Gasteiger partial charge is 0.167 e. The fraction of sp³-hybridized carbons (Fsp3) is 0. The Hall–Kier alpha value is -6.91. The molecular weight excluding hydrogens is 623 g/mol. The number of para-hydroxylation sites is 2. The lowest BCUT2D eigenvalue weighted by molar-refractivity contribution is 0.669. The van der Waals surface area contributed by atoms with Crippen LogP contribution in [0.4, 0.5) is 0 Å². The molecule has 0 saturated heterocycles. The van der Waals surface area contributed by atoms with Gasteiger partial charge in [0, 0.05) is 21.9 Å². The quantitative estimate of drug-likeness (QED) is 0.186. The van der Waals surface area contributed by atoms with Gasteiger partial charge in [-0.3, -0.25) is 0 Å². The lowest BCUT2D eigenvalue weighted by Crippen LogP contribution is -2.00. The van der Waals surface area contributed by atoms with E-state index in [1.54, 1.807) is 0 Å². The van der Waals surface area contributed by atoms with E-state index in [0.717, 1.165) is 55.3 Å². The molecule has 2 aromatic heterocycles. The Kier molecular flexibility index (Phi) is 6.78. The van der Waals surface area contributed by atoms with Gasteiger partial charge in [-0.1, -0.05) is 146 Å². The number of aromatic nitrogens is 3. The average Bonchev–Trinajstić information content (AvgIpc) is 3.59. The third-order valence-corrected chi connectivity index (χ3v) is 9.71. The highest BCUT2D eigenvalue weighted by Gasteiger charge is 2.18. The van der Waals surface area contributed by atoms with Gasteiger partial charge >= 0.3 is 0 Å². The van der Waals surface area contributed by atoms with E-state index < -0.39 is 0 Å². The summed E-state index contributed by atoms with van der Waals surface area (Å²) in [6, 6.07) is 61.2. The van der Waals surface area contributed by atoms with E-state index in [2.05, 4.69) is 146 Å². The monoisotopic (exact) mass is 651 g/mol. The van der Waals surface area contributed by atoms with Gasteiger partial charge in [0.2, 0.25) is 0 Å². The fourth-order valence-electron chi connectivity index (χ4n) is 7.19. The molecule has 4 nitrogen and oxygen atoms in total. The fourth-order valence-corrected chi connectivity index (χ4v) is 7.19. The second-order valence-electron chi connectivity index (χ2n) is 12.8. The topological polar surface area (TPSA) is 51.8 Å². The van der Waals surface area contributed by atoms with Gasteiger partial charge in [0.1, 0.15) is 11.2 Å². The van der Waals surface area contributed by atoms with Crippen molar-refractivity contribution in [1.82, 2.24) is 15.0 Å². The van der Waals surface area contributed by atoms with Gasteiger partial charge in [-0.15, -0.1) is 0 Å². The Morgan fingerprint density at radius 3 is 1.71 bits per heavy atom. The molecule has 10 rings (SSSR count). The molecule has 10 aromatic rings. The van der Waals surface area contributed by atoms with Gasteiger partial charge in [-0.2, -0.15) is 0 Å². The first-order valence-corrected chi connectivity index (χ1v) is 17.1. The van der Waals surface area contributed by atoms with Crippen LogP contribution in [0.1, 0.15) is 0 Å². The molecule has 0 atom stereocenters. The summed E-state index contributed by atoms with van der Waals surface area (Å²) in [4.78, 5) is 15.4. The number of fused-ring (bicyclic) bond motifs is 5. The summed E-state index contributed by atoms with van der Waals surface area (Å²) in [6.45, 7) is 0. The van der Waals surface area contributed by atoms with Crippen LogP contribution in [0.3, 0.4) is 0 Å². The van der Waals surface area contributed by atoms with Crippen LogP contribution in [0.2, 0.25) is 0 Å². The molecule has 0 fully saturated rings. The minimum atomic E-state index is 0.561. The van der Waals surface area contributed by atoms with E-state index in [1.807, 2.05) is 30.3 Å². The van der Waals surface area contributed by atoms with Crippen molar-refractivity contribution in [2.24, 2.45) is 0 Å². The zero-order valence-corrected chi connectivity index (χ0v) is 27.5. The molecule has 0 bridgehead atoms. The zero-order chi connectivity index (χ0) is 33.7. The van der Waals surface area contributed by atoms with E-state index >= 15 is 0 Å². The molecule has 51 heavy (non-hydrogen) atoms. The zero-order valence-electron chi connectivity index (χ0n) is 27.5. The van der Waals surface area contributed by atoms with Crippen molar-refractivity contribution in [3.05, 3.63) is 176 Å². The highest BCUT2D eigenvalue weighted by molar-refractivity contribution is 6.09. The summed E-state index contributed by atoms with van der Waals surface area (Å²) in [5.74, 6) is 1.76. The van der Waals surface area contributed by atoms with Crippen LogP contribution >= 0.6 is 0 Å². The van der Waals surface area contributed by atoms with Crippen molar-refractivity contribution in [2.75, 3.05) is 0 Å². The molecule has 0 radical (unpaired) electrons. The molecule has 0 aliphatic rings. The standard InChI is InChI=1S/C47H29N3O/c1-2-13-32-27-34(26-25-30(32)11-1)33-15-7-17-36(28-33)45-48-46(37-18-8-16-35(29-37)39-21-9-14-31-12-3-4-19-38(31)39)50-47(49-45)42-23-10-22-41-40-20-5-6-24-43(40)51-44(41)42/h1-29H. The molecule has 238 valence electrons. The maximum atomic E-state index is 6.46. The summed E-state index contributed by atoms with van der Waals surface area (Å²) in [6.07, 6.45) is 0. The summed E-state index contributed by atoms with van der Waals surface area (Å²) in [5, 5.41) is 6.92. The molecule has 0 aliphatic heterocycles. The van der Waals surface area contributed by atoms with E-state index in [-0.39, 0.29) is 0 Å². The van der Waals surface area contributed by atoms with Gasteiger partial charge < -0.3 is 4.42 Å². The Balaban J connectivity index is 1.16. The van der Waals surface area contributed by atoms with Crippen LogP contribution in [0, 0.1) is 0 Å². The number of furan rings is 1. The van der Waals surface area contributed by atoms with Gasteiger partial charge in [0.25, 0.3) is 0 Å². The second kappa shape index (κ2) is 11.9. The largest absolute Gasteiger partial charge is 0.455 e. The minimum Gasteiger partial charge on any atom is -0.455 e. The summed E-state index contributed by atoms with van der Waals surface area (Å²) < 4.78 is 6.46. The number of nitrogens with zero attached hydrogens (tertiary/aromatic N) is 3. The van der Waals surface area contributed by atoms with E-state index in [9.17, 15) is 0 Å². The predicted octanol–water partition coefficient (Wildman–Crippen LogP) is 12.4. The van der Waals surface area contributed by atoms with Crippen LogP contribution in [0.25, 0.3) is 99.9 Å². The molecule has 0 saturated carbocycles. The molecule has 2 heterocycles. The van der Waals surface area contributed by atoms with Gasteiger partial charge in [0.15, 0.2) is 17.5 Å². The Labute approximate surface area is 294 Å². The highest BCUT2D eigenvalue weighted by Crippen LogP contribution is 2.37. The third kappa shape index (κ3) is 5.13. The maximum absolute atomic E-state index is 6.46. The van der Waals surface area contributed by atoms with Crippen LogP contribution in [0.5, 0.6) is 0 Å². The van der Waals surface area contributed by atoms with Crippen LogP contribution < -0.4 is 0 Å². The molecule has 0 N–H and O–H groups in total. The Morgan fingerprint density at radius 2 is 0.863 bits per heavy atom. The Bertz CT molecular complexity index is 2940. The second-order valence-corrected chi connectivity index (χ2v) is 12.8. The third-order valence-electron chi connectivity index (χ3n) is 9.71. The summed E-state index contributed by atoms with van der Waals surface area (Å²) >= 11 is 0. The summed E-state index contributed by atoms with van der Waals surface area (Å²) in [5.41, 5.74) is 8.74. The molecule has 0 spiro atoms. The molecule has 4 heteroatoms. The van der Waals surface area contributed by atoms with E-state index in [0.29, 0.717) is 17.5 Å². The van der Waals surface area contributed by atoms with Gasteiger partial charge in [0.05, 0.1) is 5.56 Å². The van der Waals surface area contributed by atoms with Crippen molar-refractivity contribution < 1.29 is 4.42 Å². The normalized spacial score (nSPS) is 11.5. The minimum absolute atomic E-state index is 0.561. The van der Waals surface area contributed by atoms with Crippen LogP contribution in [0.15, 0.2) is 180 Å². The first-order chi connectivity index (χ1) is 25.2. The summed E-state index contributed by atoms with van der Waals surface area (Å²) in [7, 11) is 0. The first kappa shape index (κ1) is 29.0. The van der Waals surface area contributed by atoms with Crippen molar-refractivity contribution in [3.63, 3.8) is 0 Å². The number of benzene rings is 8. The molecule has 0 unspecified atom stereocenters. The SMILES string of the molecule is c1cc(-c2ccc3ccccc3c2)cc(-c2nc(-c3cccc(-c4cccc5ccccc45)c3)nc(-c3cccc4c3oc3ccccc34)n2)c1. The van der Waals surface area contributed by atoms with Crippen LogP contribution in [-0.2, 0) is 0 Å². The predicted molar refractivity (Wildman–Crippen MR) is 209 cm³/mol. The first-order valence-electron chi connectivity index (χ1n) is 17.1. The van der Waals surface area contributed by atoms with E-state index in [4.69, 9.17) is 19.4 Å².